The molecule has 5 amide bonds. The number of amides is 5. The number of rotatable bonds is 31. The Bertz CT molecular complexity index is 2290. The van der Waals surface area contributed by atoms with Gasteiger partial charge in [-0.05, 0) is 76.6 Å². The molecular formula is C63H114LuN9O15-. The Kier molecular flexibility index (Phi) is 57.0. The fraction of sp³-hybridized carbons (Fsp3) is 0.635. The van der Waals surface area contributed by atoms with Gasteiger partial charge in [0.2, 0.25) is 23.9 Å². The number of Topliss-reactive ketones (excluding diaryl/α,β-unsaturated/α-hetero) is 2. The van der Waals surface area contributed by atoms with E-state index in [2.05, 4.69) is 89.0 Å². The Hall–Kier alpha value is -5.37. The molecule has 0 bridgehead atoms. The number of likely N-dealkylation sites (tertiary alicyclic amines) is 1. The number of methoxy groups -OCH3 is 1. The molecule has 2 fully saturated rings. The summed E-state index contributed by atoms with van der Waals surface area (Å²) in [6.07, 6.45) is 8.39. The summed E-state index contributed by atoms with van der Waals surface area (Å²) in [5.74, 6) is -3.22. The molecule has 0 aromatic heterocycles. The summed E-state index contributed by atoms with van der Waals surface area (Å²) < 4.78 is 5.47. The van der Waals surface area contributed by atoms with Crippen LogP contribution >= 0.6 is 0 Å². The Labute approximate surface area is 556 Å². The summed E-state index contributed by atoms with van der Waals surface area (Å²) in [4.78, 5) is 114. The van der Waals surface area contributed by atoms with Crippen molar-refractivity contribution in [2.24, 2.45) is 5.92 Å². The number of hydrogen-bond acceptors (Lipinski definition) is 14. The van der Waals surface area contributed by atoms with E-state index in [9.17, 15) is 53.1 Å². The number of benzene rings is 2. The molecule has 1 aliphatic carbocycles. The monoisotopic (exact) mass is 1410 g/mol. The van der Waals surface area contributed by atoms with Crippen LogP contribution in [0.15, 0.2) is 42.5 Å². The van der Waals surface area contributed by atoms with E-state index in [-0.39, 0.29) is 113 Å². The predicted molar refractivity (Wildman–Crippen MR) is 343 cm³/mol. The second-order valence-electron chi connectivity index (χ2n) is 21.4. The molecular weight excluding hydrogens is 1300 g/mol. The molecule has 2 unspecified atom stereocenters. The van der Waals surface area contributed by atoms with Gasteiger partial charge in [0.1, 0.15) is 19.1 Å². The molecule has 1 heterocycles. The third-order valence-corrected chi connectivity index (χ3v) is 14.3. The number of ketones is 2. The molecule has 1 saturated carbocycles. The van der Waals surface area contributed by atoms with Crippen molar-refractivity contribution in [3.8, 4) is 0 Å². The van der Waals surface area contributed by atoms with Crippen molar-refractivity contribution < 1.29 is 119 Å². The van der Waals surface area contributed by atoms with Crippen LogP contribution in [0.25, 0.3) is 10.8 Å². The number of aliphatic carboxylic acids is 3. The third-order valence-electron chi connectivity index (χ3n) is 14.3. The van der Waals surface area contributed by atoms with Crippen LogP contribution in [0.5, 0.6) is 0 Å². The average Bonchev–Trinajstić information content (AvgIpc) is 3.49. The molecule has 25 heteroatoms. The van der Waals surface area contributed by atoms with E-state index in [1.807, 2.05) is 59.3 Å². The number of fused-ring (bicyclic) bond motifs is 1. The standard InChI is InChI=1S/C16H29N3O2.C16H34N2O4.C11H10.C8H12N2O7.C7H14N2O2.C2H6.3CH3.Lu/c1-2-18(8-9-19-11-15(20)12-19)13-16(21)17-10-14-6-4-3-5-7-14;1-8-17(5,6)12-14(19)11-16(4,21)18(9-2,10-3)13-15(20)22-7;1-9-6-7-10-4-2-3-5-11(10)8-9;11-5(12)2-1-4(7(15)16)10-8(17)9-3-6(13)14;1-2-3-4-9-7(11)5-8-6-10;1-2;;;;/h14H,2-13H2,1H3,(H,17,21);21H,8-13H2,1-7H3;2-8H,1H3;4H,1-3H2,(H,11,12)(H,13,14)(H,15,16)(H2,9,10,17);6H,2-5H2,1H3,(H,8,10)(H,9,11);1-2H3;3*1H3;/q;+2;;;;;3*-1;. The first-order valence-corrected chi connectivity index (χ1v) is 29.5. The minimum absolute atomic E-state index is 0. The number of carbonyl (C=O) groups is 10. The molecule has 2 aromatic rings. The number of quaternary nitrogens is 2. The maximum Gasteiger partial charge on any atom is 0.361 e. The van der Waals surface area contributed by atoms with Gasteiger partial charge in [-0.25, -0.2) is 14.4 Å². The third kappa shape index (κ3) is 43.3. The van der Waals surface area contributed by atoms with Gasteiger partial charge < -0.3 is 78.5 Å². The van der Waals surface area contributed by atoms with Crippen LogP contribution in [0, 0.1) is 72.0 Å². The number of urea groups is 1. The van der Waals surface area contributed by atoms with Gasteiger partial charge in [0.25, 0.3) is 0 Å². The zero-order valence-electron chi connectivity index (χ0n) is 55.8. The number of esters is 1. The first kappa shape index (κ1) is 93.8. The largest absolute Gasteiger partial charge is 0.481 e. The van der Waals surface area contributed by atoms with Crippen molar-refractivity contribution in [1.29, 1.82) is 0 Å². The Morgan fingerprint density at radius 2 is 1.40 bits per heavy atom. The molecule has 2 aliphatic rings. The first-order valence-electron chi connectivity index (χ1n) is 29.5. The number of carbonyl (C=O) groups excluding carboxylic acids is 7. The molecule has 2 atom stereocenters. The van der Waals surface area contributed by atoms with Gasteiger partial charge in [0.05, 0.1) is 73.4 Å². The van der Waals surface area contributed by atoms with Crippen LogP contribution in [0.2, 0.25) is 0 Å². The van der Waals surface area contributed by atoms with Crippen molar-refractivity contribution in [3.05, 3.63) is 70.3 Å². The quantitative estimate of drug-likeness (QED) is 0.0112. The molecule has 24 nitrogen and oxygen atoms in total. The molecule has 1 saturated heterocycles. The second kappa shape index (κ2) is 53.5. The molecule has 4 rings (SSSR count). The Morgan fingerprint density at radius 1 is 0.807 bits per heavy atom. The van der Waals surface area contributed by atoms with Crippen molar-refractivity contribution in [2.45, 2.75) is 138 Å². The van der Waals surface area contributed by atoms with Crippen molar-refractivity contribution in [1.82, 2.24) is 36.4 Å². The van der Waals surface area contributed by atoms with Crippen LogP contribution in [-0.2, 0) is 47.9 Å². The minimum Gasteiger partial charge on any atom is -0.481 e. The summed E-state index contributed by atoms with van der Waals surface area (Å²) in [6, 6.07) is 12.6. The van der Waals surface area contributed by atoms with Crippen LogP contribution in [0.4, 0.5) is 4.79 Å². The first-order chi connectivity index (χ1) is 39.6. The van der Waals surface area contributed by atoms with Crippen LogP contribution in [0.1, 0.15) is 125 Å². The van der Waals surface area contributed by atoms with E-state index in [1.165, 1.54) is 55.5 Å². The van der Waals surface area contributed by atoms with Gasteiger partial charge in [0.15, 0.2) is 18.1 Å². The van der Waals surface area contributed by atoms with Crippen LogP contribution < -0.4 is 26.6 Å². The number of nitrogens with one attached hydrogen (secondary N) is 5. The Balaban J connectivity index is -0.000000240. The maximum atomic E-state index is 12.4. The van der Waals surface area contributed by atoms with E-state index in [4.69, 9.17) is 20.1 Å². The number of aliphatic hydroxyl groups is 1. The molecule has 88 heavy (non-hydrogen) atoms. The normalized spacial score (nSPS) is 13.4. The van der Waals surface area contributed by atoms with Gasteiger partial charge in [-0.3, -0.25) is 47.8 Å². The average molecular weight is 1410 g/mol. The topological polar surface area (TPSA) is 327 Å². The summed E-state index contributed by atoms with van der Waals surface area (Å²) in [5, 5.41) is 50.7. The number of ether oxygens (including phenoxy) is 1. The zero-order chi connectivity index (χ0) is 64.3. The van der Waals surface area contributed by atoms with Gasteiger partial charge >= 0.3 is 29.9 Å². The van der Waals surface area contributed by atoms with Crippen LogP contribution in [-0.4, -0.2) is 230 Å². The van der Waals surface area contributed by atoms with Crippen molar-refractivity contribution in [3.63, 3.8) is 0 Å². The molecule has 1 aliphatic heterocycles. The summed E-state index contributed by atoms with van der Waals surface area (Å²) >= 11 is 0. The molecule has 0 spiro atoms. The van der Waals surface area contributed by atoms with Crippen molar-refractivity contribution >= 4 is 70.5 Å². The fourth-order valence-corrected chi connectivity index (χ4v) is 8.75. The van der Waals surface area contributed by atoms with E-state index in [0.717, 1.165) is 45.6 Å². The number of aryl methyl sites for hydroxylation is 1. The Morgan fingerprint density at radius 3 is 1.89 bits per heavy atom. The maximum absolute atomic E-state index is 12.4. The number of hydrogen-bond donors (Lipinski definition) is 9. The van der Waals surface area contributed by atoms with E-state index >= 15 is 0 Å². The summed E-state index contributed by atoms with van der Waals surface area (Å²) in [5.41, 5.74) is 0.0337. The predicted octanol–water partition coefficient (Wildman–Crippen LogP) is 5.53. The van der Waals surface area contributed by atoms with Gasteiger partial charge in [-0.1, -0.05) is 101 Å². The summed E-state index contributed by atoms with van der Waals surface area (Å²) in [7, 11) is 5.31. The zero-order valence-corrected chi connectivity index (χ0v) is 57.4. The number of nitrogens with zero attached hydrogens (tertiary/aromatic N) is 4. The van der Waals surface area contributed by atoms with Crippen LogP contribution in [0.3, 0.4) is 0 Å². The number of likely N-dealkylation sites (N-methyl/N-ethyl adjacent to an activating group) is 3. The van der Waals surface area contributed by atoms with E-state index < -0.39 is 48.7 Å². The van der Waals surface area contributed by atoms with Gasteiger partial charge in [0, 0.05) is 76.4 Å². The molecule has 517 valence electrons. The molecule has 2 aromatic carbocycles. The minimum atomic E-state index is -1.39. The number of carboxylic acids is 3. The molecule has 1 radical (unpaired) electrons. The van der Waals surface area contributed by atoms with Gasteiger partial charge in [-0.15, -0.1) is 0 Å². The van der Waals surface area contributed by atoms with E-state index in [1.54, 1.807) is 6.92 Å². The summed E-state index contributed by atoms with van der Waals surface area (Å²) in [6.45, 7) is 25.4. The SMILES string of the molecule is CC.CCCCNC(=O)CNC=O.CCN(CCN1CC(=O)C1)CC(=O)NCC1CCCCC1.CC[N+](C)(C)CC(=O)CC(C)(O)[N+](CC)(CC)CC(=O)OC.Cc1ccc2ccccc2c1.O=C(O)CCC(NC(=O)NCC(=O)O)C(=O)O.[CH3-].[CH3-].[CH3-].[Lu]. The van der Waals surface area contributed by atoms with Crippen molar-refractivity contribution in [2.75, 3.05) is 119 Å². The van der Waals surface area contributed by atoms with E-state index in [0.29, 0.717) is 68.4 Å². The fourth-order valence-electron chi connectivity index (χ4n) is 8.75. The number of carboxylic acid groups (broad SMARTS) is 3. The molecule has 9 N–H and O–H groups in total. The second-order valence-corrected chi connectivity index (χ2v) is 21.4. The smallest absolute Gasteiger partial charge is 0.361 e. The van der Waals surface area contributed by atoms with Gasteiger partial charge in [-0.2, -0.15) is 0 Å². The number of unbranched alkanes of at least 4 members (excludes halogenated alkanes) is 1.